The minimum absolute atomic E-state index is 0.304. The highest BCUT2D eigenvalue weighted by Crippen LogP contribution is 2.31. The van der Waals surface area contributed by atoms with Crippen molar-refractivity contribution in [2.75, 3.05) is 13.1 Å². The lowest BCUT2D eigenvalue weighted by Crippen LogP contribution is -2.24. The molecule has 0 bridgehead atoms. The van der Waals surface area contributed by atoms with Crippen LogP contribution in [0.3, 0.4) is 0 Å². The molecule has 0 amide bonds. The van der Waals surface area contributed by atoms with Gasteiger partial charge < -0.3 is 0 Å². The molecular formula is C20H21ClN6O. The SMILES string of the molecule is CCN(CC)OCc1nnc2n1-c1c(Cl)cccc1C(c1ccccn1)=NC2. The molecule has 1 aromatic carbocycles. The normalized spacial score (nSPS) is 13.1. The topological polar surface area (TPSA) is 68.4 Å². The third-order valence-electron chi connectivity index (χ3n) is 4.63. The molecule has 0 radical (unpaired) electrons. The zero-order chi connectivity index (χ0) is 19.5. The number of hydrogen-bond donors (Lipinski definition) is 0. The molecule has 0 saturated heterocycles. The molecule has 0 spiro atoms. The Morgan fingerprint density at radius 3 is 2.71 bits per heavy atom. The highest BCUT2D eigenvalue weighted by Gasteiger charge is 2.25. The largest absolute Gasteiger partial charge is 0.291 e. The Kier molecular flexibility index (Phi) is 5.47. The van der Waals surface area contributed by atoms with Gasteiger partial charge in [-0.2, -0.15) is 5.06 Å². The van der Waals surface area contributed by atoms with Crippen molar-refractivity contribution < 1.29 is 4.84 Å². The summed E-state index contributed by atoms with van der Waals surface area (Å²) in [6.45, 7) is 6.37. The van der Waals surface area contributed by atoms with Crippen molar-refractivity contribution in [2.24, 2.45) is 4.99 Å². The Hall–Kier alpha value is -2.61. The van der Waals surface area contributed by atoms with Gasteiger partial charge in [-0.15, -0.1) is 10.2 Å². The second kappa shape index (κ2) is 8.18. The van der Waals surface area contributed by atoms with Crippen molar-refractivity contribution in [1.29, 1.82) is 0 Å². The second-order valence-corrected chi connectivity index (χ2v) is 6.68. The predicted octanol–water partition coefficient (Wildman–Crippen LogP) is 3.44. The van der Waals surface area contributed by atoms with E-state index in [-0.39, 0.29) is 0 Å². The van der Waals surface area contributed by atoms with Crippen molar-refractivity contribution in [1.82, 2.24) is 24.8 Å². The van der Waals surface area contributed by atoms with Crippen LogP contribution in [0.4, 0.5) is 0 Å². The summed E-state index contributed by atoms with van der Waals surface area (Å²) in [5, 5.41) is 11.2. The summed E-state index contributed by atoms with van der Waals surface area (Å²) in [7, 11) is 0. The van der Waals surface area contributed by atoms with Crippen LogP contribution in [0.2, 0.25) is 5.02 Å². The first-order valence-electron chi connectivity index (χ1n) is 9.29. The van der Waals surface area contributed by atoms with Gasteiger partial charge in [0.2, 0.25) is 0 Å². The van der Waals surface area contributed by atoms with Gasteiger partial charge >= 0.3 is 0 Å². The molecule has 0 N–H and O–H groups in total. The van der Waals surface area contributed by atoms with E-state index in [0.29, 0.717) is 24.0 Å². The van der Waals surface area contributed by atoms with Crippen molar-refractivity contribution >= 4 is 17.3 Å². The Labute approximate surface area is 168 Å². The maximum atomic E-state index is 6.64. The van der Waals surface area contributed by atoms with Crippen LogP contribution < -0.4 is 0 Å². The van der Waals surface area contributed by atoms with Crippen molar-refractivity contribution in [2.45, 2.75) is 27.0 Å². The predicted molar refractivity (Wildman–Crippen MR) is 108 cm³/mol. The molecule has 0 saturated carbocycles. The van der Waals surface area contributed by atoms with E-state index in [1.54, 1.807) is 6.20 Å². The molecule has 8 heteroatoms. The molecule has 28 heavy (non-hydrogen) atoms. The number of pyridine rings is 1. The van der Waals surface area contributed by atoms with Crippen LogP contribution in [0.5, 0.6) is 0 Å². The number of benzene rings is 1. The van der Waals surface area contributed by atoms with Gasteiger partial charge in [0, 0.05) is 24.8 Å². The summed E-state index contributed by atoms with van der Waals surface area (Å²) >= 11 is 6.64. The van der Waals surface area contributed by atoms with E-state index in [9.17, 15) is 0 Å². The number of fused-ring (bicyclic) bond motifs is 3. The van der Waals surface area contributed by atoms with Gasteiger partial charge in [0.15, 0.2) is 11.6 Å². The van der Waals surface area contributed by atoms with Gasteiger partial charge in [-0.1, -0.05) is 43.6 Å². The van der Waals surface area contributed by atoms with Crippen LogP contribution in [-0.2, 0) is 18.0 Å². The Morgan fingerprint density at radius 1 is 1.11 bits per heavy atom. The van der Waals surface area contributed by atoms with Crippen LogP contribution in [-0.4, -0.2) is 43.6 Å². The van der Waals surface area contributed by atoms with Gasteiger partial charge in [-0.3, -0.25) is 19.4 Å². The molecule has 0 aliphatic carbocycles. The fourth-order valence-corrected chi connectivity index (χ4v) is 3.51. The van der Waals surface area contributed by atoms with Crippen LogP contribution in [0.25, 0.3) is 5.69 Å². The Morgan fingerprint density at radius 2 is 1.96 bits per heavy atom. The standard InChI is InChI=1S/C20H21ClN6O/c1-3-26(4-2)28-13-18-25-24-17-12-23-19(16-10-5-6-11-22-16)14-8-7-9-15(21)20(14)27(17)18/h5-11H,3-4,12-13H2,1-2H3. The molecule has 3 aromatic rings. The molecule has 0 unspecified atom stereocenters. The number of hydrogen-bond acceptors (Lipinski definition) is 6. The lowest BCUT2D eigenvalue weighted by molar-refractivity contribution is -0.165. The minimum atomic E-state index is 0.304. The van der Waals surface area contributed by atoms with E-state index in [1.165, 1.54) is 0 Å². The van der Waals surface area contributed by atoms with E-state index >= 15 is 0 Å². The Bertz CT molecular complexity index is 997. The summed E-state index contributed by atoms with van der Waals surface area (Å²) in [4.78, 5) is 15.1. The number of para-hydroxylation sites is 1. The summed E-state index contributed by atoms with van der Waals surface area (Å²) in [6.07, 6.45) is 1.76. The van der Waals surface area contributed by atoms with Gasteiger partial charge in [0.1, 0.15) is 13.2 Å². The molecule has 0 fully saturated rings. The molecular weight excluding hydrogens is 376 g/mol. The lowest BCUT2D eigenvalue weighted by atomic mass is 10.0. The van der Waals surface area contributed by atoms with Crippen LogP contribution >= 0.6 is 11.6 Å². The van der Waals surface area contributed by atoms with Crippen molar-refractivity contribution in [3.8, 4) is 5.69 Å². The molecule has 144 valence electrons. The summed E-state index contributed by atoms with van der Waals surface area (Å²) in [6, 6.07) is 11.6. The molecule has 0 atom stereocenters. The number of hydroxylamine groups is 2. The van der Waals surface area contributed by atoms with Gasteiger partial charge in [-0.25, -0.2) is 0 Å². The molecule has 1 aliphatic rings. The Balaban J connectivity index is 1.81. The summed E-state index contributed by atoms with van der Waals surface area (Å²) in [5.74, 6) is 1.41. The number of nitrogens with zero attached hydrogens (tertiary/aromatic N) is 6. The second-order valence-electron chi connectivity index (χ2n) is 6.27. The van der Waals surface area contributed by atoms with Crippen LogP contribution in [0, 0.1) is 0 Å². The number of rotatable bonds is 6. The first-order valence-corrected chi connectivity index (χ1v) is 9.66. The first-order chi connectivity index (χ1) is 13.7. The van der Waals surface area contributed by atoms with Crippen molar-refractivity contribution in [3.05, 3.63) is 70.5 Å². The number of aliphatic imine (C=N–C) groups is 1. The quantitative estimate of drug-likeness (QED) is 0.597. The molecule has 7 nitrogen and oxygen atoms in total. The van der Waals surface area contributed by atoms with Gasteiger partial charge in [-0.05, 0) is 18.2 Å². The van der Waals surface area contributed by atoms with Crippen LogP contribution in [0.15, 0.2) is 47.6 Å². The average molecular weight is 397 g/mol. The number of halogens is 1. The highest BCUT2D eigenvalue weighted by atomic mass is 35.5. The van der Waals surface area contributed by atoms with E-state index in [4.69, 9.17) is 21.4 Å². The van der Waals surface area contributed by atoms with E-state index in [1.807, 2.05) is 59.9 Å². The monoisotopic (exact) mass is 396 g/mol. The first kappa shape index (κ1) is 18.7. The fourth-order valence-electron chi connectivity index (χ4n) is 3.25. The zero-order valence-electron chi connectivity index (χ0n) is 15.8. The molecule has 4 rings (SSSR count). The fraction of sp³-hybridized carbons (Fsp3) is 0.300. The minimum Gasteiger partial charge on any atom is -0.291 e. The zero-order valence-corrected chi connectivity index (χ0v) is 16.6. The molecule has 2 aromatic heterocycles. The van der Waals surface area contributed by atoms with Gasteiger partial charge in [0.25, 0.3) is 0 Å². The van der Waals surface area contributed by atoms with Gasteiger partial charge in [0.05, 0.1) is 22.1 Å². The average Bonchev–Trinajstić information content (AvgIpc) is 3.04. The third kappa shape index (κ3) is 3.44. The van der Waals surface area contributed by atoms with E-state index in [2.05, 4.69) is 15.2 Å². The molecule has 1 aliphatic heterocycles. The lowest BCUT2D eigenvalue weighted by Gasteiger charge is -2.19. The maximum Gasteiger partial charge on any atom is 0.165 e. The van der Waals surface area contributed by atoms with E-state index in [0.717, 1.165) is 41.6 Å². The van der Waals surface area contributed by atoms with Crippen molar-refractivity contribution in [3.63, 3.8) is 0 Å². The maximum absolute atomic E-state index is 6.64. The highest BCUT2D eigenvalue weighted by molar-refractivity contribution is 6.33. The molecule has 3 heterocycles. The smallest absolute Gasteiger partial charge is 0.165 e. The van der Waals surface area contributed by atoms with E-state index < -0.39 is 0 Å². The summed E-state index contributed by atoms with van der Waals surface area (Å²) in [5.41, 5.74) is 3.29. The number of aromatic nitrogens is 4. The third-order valence-corrected chi connectivity index (χ3v) is 4.94. The van der Waals surface area contributed by atoms with Crippen LogP contribution in [0.1, 0.15) is 36.8 Å². The summed E-state index contributed by atoms with van der Waals surface area (Å²) < 4.78 is 1.96.